The SMILES string of the molecule is O=C(O)CC(Cc1ccccc1Cl)NC(=O)OCC1c2ccccc2-c2ccccc21. The highest BCUT2D eigenvalue weighted by Crippen LogP contribution is 2.44. The van der Waals surface area contributed by atoms with Crippen LogP contribution in [0.2, 0.25) is 5.02 Å². The molecule has 0 aromatic heterocycles. The Morgan fingerprint density at radius 3 is 2.13 bits per heavy atom. The molecular weight excluding hydrogens is 414 g/mol. The van der Waals surface area contributed by atoms with Crippen LogP contribution in [0, 0.1) is 0 Å². The standard InChI is InChI=1S/C25H22ClNO4/c26-23-12-6-1-7-16(23)13-17(14-24(28)29)27-25(30)31-15-22-20-10-4-2-8-18(20)19-9-3-5-11-21(19)22/h1-12,17,22H,13-15H2,(H,27,30)(H,28,29). The molecule has 0 spiro atoms. The number of nitrogens with one attached hydrogen (secondary N) is 1. The summed E-state index contributed by atoms with van der Waals surface area (Å²) < 4.78 is 5.54. The number of amides is 1. The van der Waals surface area contributed by atoms with E-state index in [4.69, 9.17) is 16.3 Å². The lowest BCUT2D eigenvalue weighted by molar-refractivity contribution is -0.137. The van der Waals surface area contributed by atoms with E-state index in [9.17, 15) is 14.7 Å². The minimum atomic E-state index is -1.00. The molecule has 1 amide bonds. The molecule has 5 nitrogen and oxygen atoms in total. The van der Waals surface area contributed by atoms with Crippen LogP contribution >= 0.6 is 11.6 Å². The van der Waals surface area contributed by atoms with E-state index in [-0.39, 0.29) is 18.9 Å². The van der Waals surface area contributed by atoms with Gasteiger partial charge in [0.2, 0.25) is 0 Å². The van der Waals surface area contributed by atoms with Crippen molar-refractivity contribution in [3.8, 4) is 11.1 Å². The molecule has 31 heavy (non-hydrogen) atoms. The van der Waals surface area contributed by atoms with Crippen LogP contribution in [-0.4, -0.2) is 29.8 Å². The van der Waals surface area contributed by atoms with Gasteiger partial charge in [-0.05, 0) is 40.3 Å². The Bertz CT molecular complexity index is 1070. The molecule has 4 rings (SSSR count). The summed E-state index contributed by atoms with van der Waals surface area (Å²) in [6.07, 6.45) is -0.564. The quantitative estimate of drug-likeness (QED) is 0.530. The van der Waals surface area contributed by atoms with Gasteiger partial charge in [-0.3, -0.25) is 4.79 Å². The van der Waals surface area contributed by atoms with Gasteiger partial charge in [-0.25, -0.2) is 4.79 Å². The van der Waals surface area contributed by atoms with E-state index in [0.717, 1.165) is 27.8 Å². The molecule has 158 valence electrons. The predicted molar refractivity (Wildman–Crippen MR) is 119 cm³/mol. The van der Waals surface area contributed by atoms with E-state index in [1.807, 2.05) is 48.5 Å². The summed E-state index contributed by atoms with van der Waals surface area (Å²) in [4.78, 5) is 23.8. The number of aliphatic carboxylic acids is 1. The van der Waals surface area contributed by atoms with Crippen molar-refractivity contribution in [3.05, 3.63) is 94.5 Å². The molecule has 0 aliphatic heterocycles. The zero-order chi connectivity index (χ0) is 21.8. The topological polar surface area (TPSA) is 75.6 Å². The van der Waals surface area contributed by atoms with E-state index in [1.54, 1.807) is 12.1 Å². The highest BCUT2D eigenvalue weighted by atomic mass is 35.5. The molecule has 3 aromatic rings. The molecule has 3 aromatic carbocycles. The molecule has 0 saturated heterocycles. The Labute approximate surface area is 185 Å². The molecule has 0 heterocycles. The number of carboxylic acids is 1. The zero-order valence-corrected chi connectivity index (χ0v) is 17.5. The Balaban J connectivity index is 1.44. The second kappa shape index (κ2) is 9.23. The van der Waals surface area contributed by atoms with Crippen LogP contribution in [0.15, 0.2) is 72.8 Å². The van der Waals surface area contributed by atoms with Crippen molar-refractivity contribution >= 4 is 23.7 Å². The van der Waals surface area contributed by atoms with Gasteiger partial charge in [-0.15, -0.1) is 0 Å². The lowest BCUT2D eigenvalue weighted by atomic mass is 9.98. The van der Waals surface area contributed by atoms with E-state index in [1.165, 1.54) is 0 Å². The fraction of sp³-hybridized carbons (Fsp3) is 0.200. The van der Waals surface area contributed by atoms with Crippen molar-refractivity contribution < 1.29 is 19.4 Å². The van der Waals surface area contributed by atoms with Gasteiger partial charge in [-0.2, -0.15) is 0 Å². The van der Waals surface area contributed by atoms with Gasteiger partial charge in [0.25, 0.3) is 0 Å². The molecule has 6 heteroatoms. The average Bonchev–Trinajstić information content (AvgIpc) is 3.07. The van der Waals surface area contributed by atoms with E-state index in [0.29, 0.717) is 11.4 Å². The lowest BCUT2D eigenvalue weighted by Crippen LogP contribution is -2.39. The van der Waals surface area contributed by atoms with E-state index in [2.05, 4.69) is 17.4 Å². The molecule has 0 saturated carbocycles. The fourth-order valence-corrected chi connectivity index (χ4v) is 4.33. The normalized spacial score (nSPS) is 13.2. The monoisotopic (exact) mass is 435 g/mol. The van der Waals surface area contributed by atoms with Gasteiger partial charge in [0, 0.05) is 17.0 Å². The second-order valence-electron chi connectivity index (χ2n) is 7.56. The molecule has 1 aliphatic carbocycles. The second-order valence-corrected chi connectivity index (χ2v) is 7.97. The summed E-state index contributed by atoms with van der Waals surface area (Å²) in [6.45, 7) is 0.172. The third kappa shape index (κ3) is 4.72. The largest absolute Gasteiger partial charge is 0.481 e. The first-order valence-electron chi connectivity index (χ1n) is 10.1. The van der Waals surface area contributed by atoms with Crippen molar-refractivity contribution in [1.29, 1.82) is 0 Å². The summed E-state index contributed by atoms with van der Waals surface area (Å²) in [5, 5.41) is 12.5. The first-order chi connectivity index (χ1) is 15.0. The number of carbonyl (C=O) groups excluding carboxylic acids is 1. The predicted octanol–water partition coefficient (Wildman–Crippen LogP) is 5.26. The highest BCUT2D eigenvalue weighted by Gasteiger charge is 2.29. The average molecular weight is 436 g/mol. The Morgan fingerprint density at radius 2 is 1.52 bits per heavy atom. The summed E-state index contributed by atoms with van der Waals surface area (Å²) in [7, 11) is 0. The Hall–Kier alpha value is -3.31. The molecule has 2 N–H and O–H groups in total. The van der Waals surface area contributed by atoms with Crippen molar-refractivity contribution in [2.75, 3.05) is 6.61 Å². The van der Waals surface area contributed by atoms with E-state index < -0.39 is 18.1 Å². The highest BCUT2D eigenvalue weighted by molar-refractivity contribution is 6.31. The molecular formula is C25H22ClNO4. The molecule has 0 bridgehead atoms. The molecule has 0 radical (unpaired) electrons. The van der Waals surface area contributed by atoms with Crippen LogP contribution in [-0.2, 0) is 16.0 Å². The molecule has 1 atom stereocenters. The number of halogens is 1. The third-order valence-corrected chi connectivity index (χ3v) is 5.88. The molecule has 1 unspecified atom stereocenters. The van der Waals surface area contributed by atoms with Crippen LogP contribution in [0.1, 0.15) is 29.0 Å². The number of ether oxygens (including phenoxy) is 1. The van der Waals surface area contributed by atoms with Crippen LogP contribution in [0.5, 0.6) is 0 Å². The summed E-state index contributed by atoms with van der Waals surface area (Å²) in [5.74, 6) is -1.06. The Kier molecular flexibility index (Phi) is 6.23. The maximum Gasteiger partial charge on any atom is 0.407 e. The summed E-state index contributed by atoms with van der Waals surface area (Å²) in [5.41, 5.74) is 5.31. The third-order valence-electron chi connectivity index (χ3n) is 5.51. The molecule has 0 fully saturated rings. The van der Waals surface area contributed by atoms with Gasteiger partial charge in [-0.1, -0.05) is 78.3 Å². The van der Waals surface area contributed by atoms with Gasteiger partial charge < -0.3 is 15.2 Å². The van der Waals surface area contributed by atoms with Crippen LogP contribution in [0.3, 0.4) is 0 Å². The number of benzene rings is 3. The van der Waals surface area contributed by atoms with Gasteiger partial charge in [0.15, 0.2) is 0 Å². The first-order valence-corrected chi connectivity index (χ1v) is 10.5. The Morgan fingerprint density at radius 1 is 0.935 bits per heavy atom. The van der Waals surface area contributed by atoms with Crippen LogP contribution in [0.4, 0.5) is 4.79 Å². The number of rotatable bonds is 7. The van der Waals surface area contributed by atoms with Crippen molar-refractivity contribution in [1.82, 2.24) is 5.32 Å². The van der Waals surface area contributed by atoms with Crippen molar-refractivity contribution in [3.63, 3.8) is 0 Å². The minimum absolute atomic E-state index is 0.0559. The van der Waals surface area contributed by atoms with Gasteiger partial charge >= 0.3 is 12.1 Å². The number of alkyl carbamates (subject to hydrolysis) is 1. The summed E-state index contributed by atoms with van der Waals surface area (Å²) >= 11 is 6.19. The minimum Gasteiger partial charge on any atom is -0.481 e. The smallest absolute Gasteiger partial charge is 0.407 e. The maximum absolute atomic E-state index is 12.5. The molecule has 1 aliphatic rings. The zero-order valence-electron chi connectivity index (χ0n) is 16.8. The number of fused-ring (bicyclic) bond motifs is 3. The number of hydrogen-bond acceptors (Lipinski definition) is 3. The maximum atomic E-state index is 12.5. The van der Waals surface area contributed by atoms with Crippen LogP contribution in [0.25, 0.3) is 11.1 Å². The lowest BCUT2D eigenvalue weighted by Gasteiger charge is -2.19. The number of carbonyl (C=O) groups is 2. The first kappa shape index (κ1) is 20.9. The summed E-state index contributed by atoms with van der Waals surface area (Å²) in [6, 6.07) is 22.7. The fourth-order valence-electron chi connectivity index (χ4n) is 4.12. The van der Waals surface area contributed by atoms with Crippen molar-refractivity contribution in [2.24, 2.45) is 0 Å². The number of hydrogen-bond donors (Lipinski definition) is 2. The van der Waals surface area contributed by atoms with Crippen molar-refractivity contribution in [2.45, 2.75) is 24.8 Å². The van der Waals surface area contributed by atoms with Crippen LogP contribution < -0.4 is 5.32 Å². The number of carboxylic acid groups (broad SMARTS) is 1. The van der Waals surface area contributed by atoms with E-state index >= 15 is 0 Å². The van der Waals surface area contributed by atoms with Gasteiger partial charge in [0.1, 0.15) is 6.61 Å². The van der Waals surface area contributed by atoms with Gasteiger partial charge in [0.05, 0.1) is 6.42 Å².